The van der Waals surface area contributed by atoms with Gasteiger partial charge in [0, 0.05) is 6.54 Å². The van der Waals surface area contributed by atoms with Gasteiger partial charge in [-0.05, 0) is 32.4 Å². The fourth-order valence-corrected chi connectivity index (χ4v) is 1.68. The molecule has 0 unspecified atom stereocenters. The number of nitrogens with one attached hydrogen (secondary N) is 1. The van der Waals surface area contributed by atoms with E-state index in [2.05, 4.69) is 15.3 Å². The van der Waals surface area contributed by atoms with Crippen LogP contribution in [0.3, 0.4) is 0 Å². The Morgan fingerprint density at radius 1 is 1.32 bits per heavy atom. The molecule has 1 aromatic carbocycles. The van der Waals surface area contributed by atoms with E-state index in [1.807, 2.05) is 32.9 Å². The molecule has 0 atom stereocenters. The number of aromatic nitrogens is 2. The summed E-state index contributed by atoms with van der Waals surface area (Å²) in [6.45, 7) is 6.48. The van der Waals surface area contributed by atoms with Crippen molar-refractivity contribution in [1.29, 1.82) is 0 Å². The van der Waals surface area contributed by atoms with Crippen molar-refractivity contribution in [3.8, 4) is 11.6 Å². The number of ether oxygens (including phenoxy) is 1. The largest absolute Gasteiger partial charge is 0.436 e. The fraction of sp³-hybridized carbons (Fsp3) is 0.286. The van der Waals surface area contributed by atoms with Gasteiger partial charge in [-0.2, -0.15) is 9.37 Å². The molecule has 0 aliphatic heterocycles. The average Bonchev–Trinajstić information content (AvgIpc) is 2.37. The lowest BCUT2D eigenvalue weighted by Gasteiger charge is -2.10. The van der Waals surface area contributed by atoms with E-state index < -0.39 is 5.82 Å². The number of rotatable bonds is 4. The second kappa shape index (κ2) is 5.65. The molecule has 0 fully saturated rings. The van der Waals surface area contributed by atoms with Crippen molar-refractivity contribution >= 4 is 5.95 Å². The van der Waals surface area contributed by atoms with E-state index in [4.69, 9.17) is 4.74 Å². The Morgan fingerprint density at radius 3 is 2.79 bits per heavy atom. The number of anilines is 1. The number of aryl methyl sites for hydroxylation is 2. The third-order valence-corrected chi connectivity index (χ3v) is 2.58. The number of benzene rings is 1. The number of hydrogen-bond acceptors (Lipinski definition) is 4. The van der Waals surface area contributed by atoms with Crippen LogP contribution in [0.25, 0.3) is 0 Å². The summed E-state index contributed by atoms with van der Waals surface area (Å²) in [5.74, 6) is 0.286. The van der Waals surface area contributed by atoms with Crippen LogP contribution in [0, 0.1) is 19.7 Å². The van der Waals surface area contributed by atoms with Crippen molar-refractivity contribution in [2.75, 3.05) is 11.9 Å². The molecule has 0 saturated carbocycles. The quantitative estimate of drug-likeness (QED) is 0.915. The molecule has 2 aromatic rings. The summed E-state index contributed by atoms with van der Waals surface area (Å²) in [5.41, 5.74) is 2.06. The first-order chi connectivity index (χ1) is 9.10. The highest BCUT2D eigenvalue weighted by molar-refractivity contribution is 5.39. The van der Waals surface area contributed by atoms with Crippen LogP contribution in [0.15, 0.2) is 24.4 Å². The van der Waals surface area contributed by atoms with Gasteiger partial charge < -0.3 is 10.1 Å². The summed E-state index contributed by atoms with van der Waals surface area (Å²) in [6.07, 6.45) is 1.10. The van der Waals surface area contributed by atoms with E-state index in [9.17, 15) is 4.39 Å². The predicted octanol–water partition coefficient (Wildman–Crippen LogP) is 3.46. The van der Waals surface area contributed by atoms with E-state index in [0.717, 1.165) is 17.3 Å². The number of halogens is 1. The monoisotopic (exact) mass is 261 g/mol. The van der Waals surface area contributed by atoms with E-state index in [0.29, 0.717) is 18.2 Å². The summed E-state index contributed by atoms with van der Waals surface area (Å²) in [7, 11) is 0. The maximum atomic E-state index is 13.6. The summed E-state index contributed by atoms with van der Waals surface area (Å²) >= 11 is 0. The van der Waals surface area contributed by atoms with Crippen LogP contribution >= 0.6 is 0 Å². The molecule has 1 N–H and O–H groups in total. The van der Waals surface area contributed by atoms with Gasteiger partial charge in [0.2, 0.25) is 11.8 Å². The molecule has 0 aliphatic carbocycles. The second-order valence-corrected chi connectivity index (χ2v) is 4.25. The van der Waals surface area contributed by atoms with Gasteiger partial charge in [-0.25, -0.2) is 4.98 Å². The summed E-state index contributed by atoms with van der Waals surface area (Å²) in [5, 5.41) is 2.92. The zero-order valence-corrected chi connectivity index (χ0v) is 11.2. The highest BCUT2D eigenvalue weighted by Gasteiger charge is 2.10. The topological polar surface area (TPSA) is 47.0 Å². The molecule has 0 saturated heterocycles. The first kappa shape index (κ1) is 13.3. The molecule has 0 spiro atoms. The van der Waals surface area contributed by atoms with Crippen LogP contribution < -0.4 is 10.1 Å². The Hall–Kier alpha value is -2.17. The minimum absolute atomic E-state index is 0.0714. The van der Waals surface area contributed by atoms with Crippen molar-refractivity contribution in [2.45, 2.75) is 20.8 Å². The molecule has 1 heterocycles. The Balaban J connectivity index is 2.29. The van der Waals surface area contributed by atoms with Crippen molar-refractivity contribution < 1.29 is 9.13 Å². The van der Waals surface area contributed by atoms with Gasteiger partial charge >= 0.3 is 0 Å². The first-order valence-electron chi connectivity index (χ1n) is 6.11. The second-order valence-electron chi connectivity index (χ2n) is 4.25. The fourth-order valence-electron chi connectivity index (χ4n) is 1.68. The minimum atomic E-state index is -0.582. The molecular weight excluding hydrogens is 245 g/mol. The molecule has 100 valence electrons. The molecule has 1 aromatic heterocycles. The summed E-state index contributed by atoms with van der Waals surface area (Å²) in [4.78, 5) is 7.83. The van der Waals surface area contributed by atoms with Crippen LogP contribution in [0.4, 0.5) is 10.3 Å². The Morgan fingerprint density at radius 2 is 2.11 bits per heavy atom. The zero-order valence-electron chi connectivity index (χ0n) is 11.2. The molecule has 4 nitrogen and oxygen atoms in total. The van der Waals surface area contributed by atoms with E-state index >= 15 is 0 Å². The lowest BCUT2D eigenvalue weighted by Crippen LogP contribution is -2.04. The highest BCUT2D eigenvalue weighted by atomic mass is 19.1. The van der Waals surface area contributed by atoms with Crippen LogP contribution in [0.1, 0.15) is 18.1 Å². The van der Waals surface area contributed by atoms with Gasteiger partial charge in [0.05, 0.1) is 6.20 Å². The number of nitrogens with zero attached hydrogens (tertiary/aromatic N) is 2. The van der Waals surface area contributed by atoms with Gasteiger partial charge in [-0.3, -0.25) is 0 Å². The van der Waals surface area contributed by atoms with Crippen molar-refractivity contribution in [3.63, 3.8) is 0 Å². The summed E-state index contributed by atoms with van der Waals surface area (Å²) < 4.78 is 19.1. The number of hydrogen-bond donors (Lipinski definition) is 1. The highest BCUT2D eigenvalue weighted by Crippen LogP contribution is 2.26. The van der Waals surface area contributed by atoms with Crippen molar-refractivity contribution in [1.82, 2.24) is 9.97 Å². The zero-order chi connectivity index (χ0) is 13.8. The average molecular weight is 261 g/mol. The minimum Gasteiger partial charge on any atom is -0.436 e. The molecule has 5 heteroatoms. The molecule has 0 aliphatic rings. The molecule has 2 rings (SSSR count). The molecule has 0 amide bonds. The standard InChI is InChI=1S/C14H16FN3O/c1-4-16-14-17-8-11(15)13(18-14)19-12-6-5-9(2)7-10(12)3/h5-8H,4H2,1-3H3,(H,16,17,18). The third kappa shape index (κ3) is 3.19. The van der Waals surface area contributed by atoms with Gasteiger partial charge in [-0.15, -0.1) is 0 Å². The lowest BCUT2D eigenvalue weighted by atomic mass is 10.1. The SMILES string of the molecule is CCNc1ncc(F)c(Oc2ccc(C)cc2C)n1. The normalized spacial score (nSPS) is 10.3. The molecule has 0 bridgehead atoms. The van der Waals surface area contributed by atoms with Gasteiger partial charge in [0.1, 0.15) is 5.75 Å². The maximum Gasteiger partial charge on any atom is 0.260 e. The Kier molecular flexibility index (Phi) is 3.94. The molecule has 0 radical (unpaired) electrons. The Bertz CT molecular complexity index is 587. The van der Waals surface area contributed by atoms with Crippen LogP contribution in [-0.4, -0.2) is 16.5 Å². The lowest BCUT2D eigenvalue weighted by molar-refractivity contribution is 0.418. The molecule has 19 heavy (non-hydrogen) atoms. The predicted molar refractivity (Wildman–Crippen MR) is 72.1 cm³/mol. The van der Waals surface area contributed by atoms with Crippen molar-refractivity contribution in [3.05, 3.63) is 41.3 Å². The maximum absolute atomic E-state index is 13.6. The van der Waals surface area contributed by atoms with Gasteiger partial charge in [-0.1, -0.05) is 17.7 Å². The Labute approximate surface area is 111 Å². The van der Waals surface area contributed by atoms with Gasteiger partial charge in [0.25, 0.3) is 5.88 Å². The van der Waals surface area contributed by atoms with E-state index in [-0.39, 0.29) is 5.88 Å². The van der Waals surface area contributed by atoms with E-state index in [1.165, 1.54) is 0 Å². The van der Waals surface area contributed by atoms with Crippen LogP contribution in [0.2, 0.25) is 0 Å². The van der Waals surface area contributed by atoms with Crippen molar-refractivity contribution in [2.24, 2.45) is 0 Å². The summed E-state index contributed by atoms with van der Waals surface area (Å²) in [6, 6.07) is 5.69. The smallest absolute Gasteiger partial charge is 0.260 e. The van der Waals surface area contributed by atoms with Crippen LogP contribution in [0.5, 0.6) is 11.6 Å². The third-order valence-electron chi connectivity index (χ3n) is 2.58. The molecular formula is C14H16FN3O. The van der Waals surface area contributed by atoms with Crippen LogP contribution in [-0.2, 0) is 0 Å². The van der Waals surface area contributed by atoms with Gasteiger partial charge in [0.15, 0.2) is 0 Å². The van der Waals surface area contributed by atoms with E-state index in [1.54, 1.807) is 6.07 Å². The first-order valence-corrected chi connectivity index (χ1v) is 6.11.